The van der Waals surface area contributed by atoms with E-state index in [9.17, 15) is 4.79 Å². The standard InChI is InChI=1S/C12H21N3OS/c1-7(2)10-6-17-11(15-10)5-14-12(16)8(3)9(4)13/h6-9H,5,13H2,1-4H3,(H,14,16). The number of carbonyl (C=O) groups is 1. The molecule has 1 heterocycles. The average Bonchev–Trinajstić information content (AvgIpc) is 2.73. The molecule has 0 saturated carbocycles. The number of hydrogen-bond donors (Lipinski definition) is 2. The van der Waals surface area contributed by atoms with E-state index in [1.807, 2.05) is 19.2 Å². The molecule has 1 amide bonds. The molecule has 1 aromatic rings. The fourth-order valence-corrected chi connectivity index (χ4v) is 2.13. The number of hydrogen-bond acceptors (Lipinski definition) is 4. The summed E-state index contributed by atoms with van der Waals surface area (Å²) in [5, 5.41) is 5.85. The second-order valence-electron chi connectivity index (χ2n) is 4.69. The first-order valence-electron chi connectivity index (χ1n) is 5.89. The Bertz CT molecular complexity index is 374. The summed E-state index contributed by atoms with van der Waals surface area (Å²) in [7, 11) is 0. The molecule has 1 rings (SSSR count). The molecule has 0 fully saturated rings. The van der Waals surface area contributed by atoms with Crippen LogP contribution in [0.1, 0.15) is 44.3 Å². The van der Waals surface area contributed by atoms with Gasteiger partial charge in [-0.1, -0.05) is 20.8 Å². The maximum absolute atomic E-state index is 11.7. The quantitative estimate of drug-likeness (QED) is 0.844. The third-order valence-corrected chi connectivity index (χ3v) is 3.64. The van der Waals surface area contributed by atoms with Crippen LogP contribution < -0.4 is 11.1 Å². The van der Waals surface area contributed by atoms with Crippen molar-refractivity contribution in [2.24, 2.45) is 11.7 Å². The van der Waals surface area contributed by atoms with Crippen LogP contribution in [0.4, 0.5) is 0 Å². The molecule has 2 atom stereocenters. The maximum Gasteiger partial charge on any atom is 0.224 e. The maximum atomic E-state index is 11.7. The first-order chi connectivity index (χ1) is 7.91. The number of thiazole rings is 1. The summed E-state index contributed by atoms with van der Waals surface area (Å²) < 4.78 is 0. The Kier molecular flexibility index (Phi) is 5.08. The topological polar surface area (TPSA) is 68.0 Å². The van der Waals surface area contributed by atoms with Crippen LogP contribution in [0, 0.1) is 5.92 Å². The van der Waals surface area contributed by atoms with Gasteiger partial charge >= 0.3 is 0 Å². The minimum absolute atomic E-state index is 0.0127. The number of nitrogens with two attached hydrogens (primary N) is 1. The predicted molar refractivity (Wildman–Crippen MR) is 70.9 cm³/mol. The van der Waals surface area contributed by atoms with Gasteiger partial charge in [-0.05, 0) is 12.8 Å². The van der Waals surface area contributed by atoms with Gasteiger partial charge in [0.15, 0.2) is 0 Å². The summed E-state index contributed by atoms with van der Waals surface area (Å²) in [4.78, 5) is 16.1. The Hall–Kier alpha value is -0.940. The Balaban J connectivity index is 2.47. The fourth-order valence-electron chi connectivity index (χ4n) is 1.23. The Morgan fingerprint density at radius 2 is 2.12 bits per heavy atom. The van der Waals surface area contributed by atoms with Crippen molar-refractivity contribution < 1.29 is 4.79 Å². The van der Waals surface area contributed by atoms with E-state index in [-0.39, 0.29) is 17.9 Å². The van der Waals surface area contributed by atoms with Crippen LogP contribution in [-0.4, -0.2) is 16.9 Å². The monoisotopic (exact) mass is 255 g/mol. The summed E-state index contributed by atoms with van der Waals surface area (Å²) in [5.41, 5.74) is 6.76. The van der Waals surface area contributed by atoms with Gasteiger partial charge in [-0.15, -0.1) is 11.3 Å². The molecule has 0 aliphatic heterocycles. The van der Waals surface area contributed by atoms with Crippen molar-refractivity contribution in [1.29, 1.82) is 0 Å². The molecule has 0 aliphatic carbocycles. The highest BCUT2D eigenvalue weighted by Crippen LogP contribution is 2.17. The van der Waals surface area contributed by atoms with Crippen molar-refractivity contribution in [1.82, 2.24) is 10.3 Å². The molecule has 3 N–H and O–H groups in total. The molecule has 0 aromatic carbocycles. The minimum atomic E-state index is -0.167. The molecule has 5 heteroatoms. The van der Waals surface area contributed by atoms with E-state index in [1.165, 1.54) is 0 Å². The molecule has 0 bridgehead atoms. The lowest BCUT2D eigenvalue weighted by atomic mass is 10.0. The van der Waals surface area contributed by atoms with E-state index in [2.05, 4.69) is 24.1 Å². The van der Waals surface area contributed by atoms with Crippen LogP contribution in [0.25, 0.3) is 0 Å². The van der Waals surface area contributed by atoms with Gasteiger partial charge in [-0.3, -0.25) is 4.79 Å². The van der Waals surface area contributed by atoms with Crippen molar-refractivity contribution >= 4 is 17.2 Å². The van der Waals surface area contributed by atoms with Crippen molar-refractivity contribution in [2.75, 3.05) is 0 Å². The highest BCUT2D eigenvalue weighted by atomic mass is 32.1. The lowest BCUT2D eigenvalue weighted by Crippen LogP contribution is -2.38. The number of rotatable bonds is 5. The molecule has 17 heavy (non-hydrogen) atoms. The van der Waals surface area contributed by atoms with Crippen LogP contribution in [0.3, 0.4) is 0 Å². The zero-order valence-electron chi connectivity index (χ0n) is 10.9. The summed E-state index contributed by atoms with van der Waals surface area (Å²) >= 11 is 1.58. The van der Waals surface area contributed by atoms with E-state index in [1.54, 1.807) is 11.3 Å². The van der Waals surface area contributed by atoms with Crippen molar-refractivity contribution in [2.45, 2.75) is 46.2 Å². The first-order valence-corrected chi connectivity index (χ1v) is 6.77. The molecule has 96 valence electrons. The highest BCUT2D eigenvalue weighted by molar-refractivity contribution is 7.09. The first kappa shape index (κ1) is 14.1. The van der Waals surface area contributed by atoms with Gasteiger partial charge in [0.1, 0.15) is 5.01 Å². The van der Waals surface area contributed by atoms with Gasteiger partial charge in [0.2, 0.25) is 5.91 Å². The van der Waals surface area contributed by atoms with Crippen LogP contribution in [0.5, 0.6) is 0 Å². The van der Waals surface area contributed by atoms with Gasteiger partial charge in [0.05, 0.1) is 12.2 Å². The van der Waals surface area contributed by atoms with Gasteiger partial charge in [-0.25, -0.2) is 4.98 Å². The van der Waals surface area contributed by atoms with Gasteiger partial charge < -0.3 is 11.1 Å². The van der Waals surface area contributed by atoms with Crippen LogP contribution >= 0.6 is 11.3 Å². The van der Waals surface area contributed by atoms with E-state index in [0.717, 1.165) is 10.7 Å². The average molecular weight is 255 g/mol. The Labute approximate surface area is 107 Å². The van der Waals surface area contributed by atoms with Gasteiger partial charge in [-0.2, -0.15) is 0 Å². The molecule has 0 saturated heterocycles. The summed E-state index contributed by atoms with van der Waals surface area (Å²) in [6, 6.07) is -0.127. The van der Waals surface area contributed by atoms with Gasteiger partial charge in [0, 0.05) is 17.3 Å². The second-order valence-corrected chi connectivity index (χ2v) is 5.63. The van der Waals surface area contributed by atoms with Crippen LogP contribution in [-0.2, 0) is 11.3 Å². The zero-order chi connectivity index (χ0) is 13.0. The van der Waals surface area contributed by atoms with Crippen molar-refractivity contribution in [3.8, 4) is 0 Å². The Morgan fingerprint density at radius 3 is 2.59 bits per heavy atom. The van der Waals surface area contributed by atoms with Crippen LogP contribution in [0.15, 0.2) is 5.38 Å². The zero-order valence-corrected chi connectivity index (χ0v) is 11.7. The summed E-state index contributed by atoms with van der Waals surface area (Å²) in [5.74, 6) is 0.250. The molecule has 1 aromatic heterocycles. The van der Waals surface area contributed by atoms with E-state index in [0.29, 0.717) is 12.5 Å². The van der Waals surface area contributed by atoms with E-state index >= 15 is 0 Å². The molecule has 0 aliphatic rings. The fraction of sp³-hybridized carbons (Fsp3) is 0.667. The van der Waals surface area contributed by atoms with Crippen molar-refractivity contribution in [3.63, 3.8) is 0 Å². The highest BCUT2D eigenvalue weighted by Gasteiger charge is 2.17. The molecule has 0 spiro atoms. The number of amides is 1. The SMILES string of the molecule is CC(C)c1csc(CNC(=O)C(C)C(C)N)n1. The predicted octanol–water partition coefficient (Wildman–Crippen LogP) is 1.87. The minimum Gasteiger partial charge on any atom is -0.349 e. The molecule has 0 radical (unpaired) electrons. The number of nitrogens with one attached hydrogen (secondary N) is 1. The van der Waals surface area contributed by atoms with E-state index in [4.69, 9.17) is 5.73 Å². The molecular formula is C12H21N3OS. The van der Waals surface area contributed by atoms with E-state index < -0.39 is 0 Å². The summed E-state index contributed by atoms with van der Waals surface area (Å²) in [6.45, 7) is 8.38. The lowest BCUT2D eigenvalue weighted by Gasteiger charge is -2.14. The van der Waals surface area contributed by atoms with Crippen LogP contribution in [0.2, 0.25) is 0 Å². The Morgan fingerprint density at radius 1 is 1.47 bits per heavy atom. The smallest absolute Gasteiger partial charge is 0.224 e. The molecular weight excluding hydrogens is 234 g/mol. The van der Waals surface area contributed by atoms with Gasteiger partial charge in [0.25, 0.3) is 0 Å². The third kappa shape index (κ3) is 4.09. The third-order valence-electron chi connectivity index (χ3n) is 2.78. The number of aromatic nitrogens is 1. The molecule has 2 unspecified atom stereocenters. The number of carbonyl (C=O) groups excluding carboxylic acids is 1. The second kappa shape index (κ2) is 6.12. The lowest BCUT2D eigenvalue weighted by molar-refractivity contribution is -0.125. The number of nitrogens with zero attached hydrogens (tertiary/aromatic N) is 1. The van der Waals surface area contributed by atoms with Crippen molar-refractivity contribution in [3.05, 3.63) is 16.1 Å². The summed E-state index contributed by atoms with van der Waals surface area (Å²) in [6.07, 6.45) is 0. The largest absolute Gasteiger partial charge is 0.349 e. The molecule has 4 nitrogen and oxygen atoms in total. The normalized spacial score (nSPS) is 14.7.